The molecule has 0 aliphatic carbocycles. The van der Waals surface area contributed by atoms with Crippen molar-refractivity contribution < 1.29 is 0 Å². The lowest BCUT2D eigenvalue weighted by molar-refractivity contribution is 0.370. The van der Waals surface area contributed by atoms with Crippen molar-refractivity contribution in [2.75, 3.05) is 13.2 Å². The van der Waals surface area contributed by atoms with Crippen LogP contribution in [0, 0.1) is 0 Å². The summed E-state index contributed by atoms with van der Waals surface area (Å²) in [6.07, 6.45) is 3.67. The van der Waals surface area contributed by atoms with E-state index in [0.29, 0.717) is 0 Å². The highest BCUT2D eigenvalue weighted by molar-refractivity contribution is 7.98. The van der Waals surface area contributed by atoms with Crippen molar-refractivity contribution in [1.82, 2.24) is 14.3 Å². The first-order valence-corrected chi connectivity index (χ1v) is 5.67. The summed E-state index contributed by atoms with van der Waals surface area (Å²) in [5.74, 6) is 0. The molecule has 0 saturated carbocycles. The van der Waals surface area contributed by atoms with Crippen LogP contribution in [0.1, 0.15) is 6.92 Å². The zero-order valence-electron chi connectivity index (χ0n) is 7.25. The molecule has 2 heterocycles. The van der Waals surface area contributed by atoms with Crippen molar-refractivity contribution in [2.45, 2.75) is 11.3 Å². The minimum Gasteiger partial charge on any atom is -0.341 e. The summed E-state index contributed by atoms with van der Waals surface area (Å²) in [7, 11) is 0. The van der Waals surface area contributed by atoms with E-state index >= 15 is 0 Å². The molecule has 1 aliphatic heterocycles. The molecule has 0 N–H and O–H groups in total. The molecular weight excluding hydrogens is 204 g/mol. The number of hydrogen-bond acceptors (Lipinski definition) is 6. The molecular formula is C7H10N4S2. The largest absolute Gasteiger partial charge is 0.341 e. The summed E-state index contributed by atoms with van der Waals surface area (Å²) in [6, 6.07) is 0. The van der Waals surface area contributed by atoms with Gasteiger partial charge in [0.2, 0.25) is 0 Å². The van der Waals surface area contributed by atoms with Gasteiger partial charge in [0.05, 0.1) is 0 Å². The van der Waals surface area contributed by atoms with E-state index in [0.717, 1.165) is 17.6 Å². The first-order chi connectivity index (χ1) is 6.38. The summed E-state index contributed by atoms with van der Waals surface area (Å²) in [5.41, 5.74) is 0. The predicted molar refractivity (Wildman–Crippen MR) is 55.5 cm³/mol. The maximum absolute atomic E-state index is 4.23. The van der Waals surface area contributed by atoms with Gasteiger partial charge in [-0.1, -0.05) is 0 Å². The Kier molecular flexibility index (Phi) is 2.70. The highest BCUT2D eigenvalue weighted by Gasteiger charge is 2.14. The van der Waals surface area contributed by atoms with E-state index in [1.165, 1.54) is 0 Å². The van der Waals surface area contributed by atoms with Crippen LogP contribution in [0.15, 0.2) is 21.0 Å². The number of nitrogens with zero attached hydrogens (tertiary/aromatic N) is 4. The van der Waals surface area contributed by atoms with E-state index in [-0.39, 0.29) is 0 Å². The minimum atomic E-state index is 0.848. The second-order valence-electron chi connectivity index (χ2n) is 2.52. The monoisotopic (exact) mass is 214 g/mol. The SMILES string of the molecule is CCN1C=NN(Sc2nccs2)C1. The van der Waals surface area contributed by atoms with E-state index in [1.54, 1.807) is 23.3 Å². The molecule has 13 heavy (non-hydrogen) atoms. The van der Waals surface area contributed by atoms with Gasteiger partial charge < -0.3 is 4.90 Å². The number of aromatic nitrogens is 1. The maximum Gasteiger partial charge on any atom is 0.172 e. The van der Waals surface area contributed by atoms with Crippen molar-refractivity contribution in [3.8, 4) is 0 Å². The number of hydrazone groups is 1. The van der Waals surface area contributed by atoms with Crippen LogP contribution in [0.2, 0.25) is 0 Å². The Morgan fingerprint density at radius 3 is 3.23 bits per heavy atom. The van der Waals surface area contributed by atoms with Gasteiger partial charge in [-0.25, -0.2) is 9.40 Å². The highest BCUT2D eigenvalue weighted by Crippen LogP contribution is 2.26. The summed E-state index contributed by atoms with van der Waals surface area (Å²) in [6.45, 7) is 3.96. The summed E-state index contributed by atoms with van der Waals surface area (Å²) in [4.78, 5) is 6.32. The molecule has 0 amide bonds. The van der Waals surface area contributed by atoms with E-state index in [4.69, 9.17) is 0 Å². The van der Waals surface area contributed by atoms with Crippen molar-refractivity contribution in [1.29, 1.82) is 0 Å². The zero-order valence-corrected chi connectivity index (χ0v) is 8.88. The van der Waals surface area contributed by atoms with Gasteiger partial charge in [-0.3, -0.25) is 0 Å². The van der Waals surface area contributed by atoms with Gasteiger partial charge in [-0.15, -0.1) is 11.3 Å². The van der Waals surface area contributed by atoms with Crippen LogP contribution in [0.5, 0.6) is 0 Å². The molecule has 0 atom stereocenters. The van der Waals surface area contributed by atoms with Crippen molar-refractivity contribution in [3.05, 3.63) is 11.6 Å². The van der Waals surface area contributed by atoms with Gasteiger partial charge in [0.25, 0.3) is 0 Å². The van der Waals surface area contributed by atoms with Gasteiger partial charge in [0, 0.05) is 30.1 Å². The minimum absolute atomic E-state index is 0.848. The molecule has 0 fully saturated rings. The Bertz CT molecular complexity index is 285. The standard InChI is InChI=1S/C7H10N4S2/c1-2-10-5-9-11(6-10)13-7-8-3-4-12-7/h3-5H,2,6H2,1H3. The molecule has 1 aliphatic rings. The van der Waals surface area contributed by atoms with E-state index in [9.17, 15) is 0 Å². The Balaban J connectivity index is 1.88. The Morgan fingerprint density at radius 1 is 1.69 bits per heavy atom. The Labute approximate surface area is 85.4 Å². The molecule has 0 spiro atoms. The fraction of sp³-hybridized carbons (Fsp3) is 0.429. The Morgan fingerprint density at radius 2 is 2.62 bits per heavy atom. The normalized spacial score (nSPS) is 15.8. The molecule has 70 valence electrons. The van der Waals surface area contributed by atoms with Crippen LogP contribution in [-0.2, 0) is 0 Å². The molecule has 1 aromatic rings. The lowest BCUT2D eigenvalue weighted by Gasteiger charge is -2.14. The van der Waals surface area contributed by atoms with Gasteiger partial charge in [0.15, 0.2) is 4.34 Å². The van der Waals surface area contributed by atoms with E-state index in [1.807, 2.05) is 22.3 Å². The fourth-order valence-electron chi connectivity index (χ4n) is 0.939. The fourth-order valence-corrected chi connectivity index (χ4v) is 2.48. The van der Waals surface area contributed by atoms with Gasteiger partial charge in [-0.05, 0) is 6.92 Å². The third kappa shape index (κ3) is 2.13. The number of hydrogen-bond donors (Lipinski definition) is 0. The van der Waals surface area contributed by atoms with E-state index in [2.05, 4.69) is 21.9 Å². The molecule has 6 heteroatoms. The zero-order chi connectivity index (χ0) is 9.10. The molecule has 1 aromatic heterocycles. The number of rotatable bonds is 3. The van der Waals surface area contributed by atoms with Gasteiger partial charge in [0.1, 0.15) is 13.0 Å². The average molecular weight is 214 g/mol. The van der Waals surface area contributed by atoms with Crippen LogP contribution in [0.4, 0.5) is 0 Å². The first kappa shape index (κ1) is 8.83. The van der Waals surface area contributed by atoms with Crippen LogP contribution in [0.25, 0.3) is 0 Å². The lowest BCUT2D eigenvalue weighted by Crippen LogP contribution is -2.22. The van der Waals surface area contributed by atoms with Crippen LogP contribution in [-0.4, -0.2) is 33.9 Å². The van der Waals surface area contributed by atoms with Gasteiger partial charge >= 0.3 is 0 Å². The van der Waals surface area contributed by atoms with Crippen LogP contribution >= 0.6 is 23.3 Å². The van der Waals surface area contributed by atoms with Gasteiger partial charge in [-0.2, -0.15) is 5.10 Å². The topological polar surface area (TPSA) is 31.7 Å². The second kappa shape index (κ2) is 3.97. The predicted octanol–water partition coefficient (Wildman–Crippen LogP) is 1.69. The molecule has 4 nitrogen and oxygen atoms in total. The summed E-state index contributed by atoms with van der Waals surface area (Å²) in [5, 5.41) is 6.20. The molecule has 2 rings (SSSR count). The summed E-state index contributed by atoms with van der Waals surface area (Å²) < 4.78 is 2.97. The quantitative estimate of drug-likeness (QED) is 0.717. The molecule has 0 bridgehead atoms. The third-order valence-corrected chi connectivity index (χ3v) is 3.40. The third-order valence-electron chi connectivity index (χ3n) is 1.65. The smallest absolute Gasteiger partial charge is 0.172 e. The average Bonchev–Trinajstić information content (AvgIpc) is 2.76. The molecule has 0 unspecified atom stereocenters. The van der Waals surface area contributed by atoms with E-state index < -0.39 is 0 Å². The maximum atomic E-state index is 4.23. The van der Waals surface area contributed by atoms with Crippen molar-refractivity contribution >= 4 is 29.6 Å². The summed E-state index contributed by atoms with van der Waals surface area (Å²) >= 11 is 3.21. The van der Waals surface area contributed by atoms with Crippen LogP contribution in [0.3, 0.4) is 0 Å². The Hall–Kier alpha value is -0.750. The lowest BCUT2D eigenvalue weighted by atomic mass is 10.7. The van der Waals surface area contributed by atoms with Crippen molar-refractivity contribution in [3.63, 3.8) is 0 Å². The molecule has 0 radical (unpaired) electrons. The number of thiazole rings is 1. The highest BCUT2D eigenvalue weighted by atomic mass is 32.2. The molecule has 0 saturated heterocycles. The first-order valence-electron chi connectivity index (χ1n) is 4.01. The second-order valence-corrected chi connectivity index (χ2v) is 4.66. The molecule has 0 aromatic carbocycles. The van der Waals surface area contributed by atoms with Crippen LogP contribution < -0.4 is 0 Å². The van der Waals surface area contributed by atoms with Crippen molar-refractivity contribution in [2.24, 2.45) is 5.10 Å².